The number of para-hydroxylation sites is 1. The third-order valence-electron chi connectivity index (χ3n) is 5.11. The molecule has 158 valence electrons. The minimum atomic E-state index is -3.54. The van der Waals surface area contributed by atoms with E-state index in [9.17, 15) is 8.42 Å². The van der Waals surface area contributed by atoms with Crippen molar-refractivity contribution in [3.8, 4) is 17.2 Å². The molecular formula is C21H29N2O5S+. The van der Waals surface area contributed by atoms with Crippen LogP contribution >= 0.6 is 0 Å². The predicted octanol–water partition coefficient (Wildman–Crippen LogP) is 1.06. The smallest absolute Gasteiger partial charge is 0.243 e. The van der Waals surface area contributed by atoms with E-state index in [4.69, 9.17) is 14.2 Å². The molecule has 2 aromatic carbocycles. The number of sulfonamides is 1. The largest absolute Gasteiger partial charge is 0.493 e. The number of hydrogen-bond acceptors (Lipinski definition) is 5. The zero-order chi connectivity index (χ0) is 20.7. The lowest BCUT2D eigenvalue weighted by molar-refractivity contribution is -0.903. The summed E-state index contributed by atoms with van der Waals surface area (Å²) in [6, 6.07) is 14.5. The third-order valence-corrected chi connectivity index (χ3v) is 7.00. The molecule has 1 fully saturated rings. The SMILES string of the molecule is COc1ccc(S(=O)(=O)N2CC[NH+](CCCOc3ccccc3)CC2)cc1OC. The van der Waals surface area contributed by atoms with Crippen LogP contribution in [0.25, 0.3) is 0 Å². The molecular weight excluding hydrogens is 392 g/mol. The van der Waals surface area contributed by atoms with E-state index in [0.717, 1.165) is 31.8 Å². The highest BCUT2D eigenvalue weighted by atomic mass is 32.2. The number of rotatable bonds is 9. The maximum absolute atomic E-state index is 13.0. The first kappa shape index (κ1) is 21.4. The Bertz CT molecular complexity index is 881. The van der Waals surface area contributed by atoms with E-state index in [1.54, 1.807) is 16.4 Å². The van der Waals surface area contributed by atoms with Crippen LogP contribution in [0.4, 0.5) is 0 Å². The van der Waals surface area contributed by atoms with E-state index < -0.39 is 10.0 Å². The van der Waals surface area contributed by atoms with Gasteiger partial charge in [-0.15, -0.1) is 0 Å². The zero-order valence-electron chi connectivity index (χ0n) is 17.0. The van der Waals surface area contributed by atoms with Gasteiger partial charge in [0.15, 0.2) is 11.5 Å². The summed E-state index contributed by atoms with van der Waals surface area (Å²) in [7, 11) is -0.520. The van der Waals surface area contributed by atoms with Crippen molar-refractivity contribution < 1.29 is 27.5 Å². The molecule has 0 aromatic heterocycles. The van der Waals surface area contributed by atoms with Gasteiger partial charge in [0.05, 0.1) is 58.4 Å². The molecule has 0 saturated carbocycles. The predicted molar refractivity (Wildman–Crippen MR) is 110 cm³/mol. The fourth-order valence-corrected chi connectivity index (χ4v) is 4.91. The molecule has 1 N–H and O–H groups in total. The molecule has 7 nitrogen and oxygen atoms in total. The monoisotopic (exact) mass is 421 g/mol. The molecule has 0 spiro atoms. The summed E-state index contributed by atoms with van der Waals surface area (Å²) in [5.41, 5.74) is 0. The summed E-state index contributed by atoms with van der Waals surface area (Å²) < 4.78 is 43.7. The molecule has 1 saturated heterocycles. The summed E-state index contributed by atoms with van der Waals surface area (Å²) in [5.74, 6) is 1.81. The topological polar surface area (TPSA) is 69.5 Å². The molecule has 0 atom stereocenters. The van der Waals surface area contributed by atoms with Gasteiger partial charge in [0.25, 0.3) is 0 Å². The van der Waals surface area contributed by atoms with Crippen molar-refractivity contribution in [3.05, 3.63) is 48.5 Å². The van der Waals surface area contributed by atoms with Gasteiger partial charge in [-0.2, -0.15) is 4.31 Å². The maximum atomic E-state index is 13.0. The zero-order valence-corrected chi connectivity index (χ0v) is 17.8. The first-order valence-electron chi connectivity index (χ1n) is 9.78. The number of ether oxygens (including phenoxy) is 3. The van der Waals surface area contributed by atoms with E-state index in [1.807, 2.05) is 30.3 Å². The summed E-state index contributed by atoms with van der Waals surface area (Å²) >= 11 is 0. The molecule has 0 bridgehead atoms. The molecule has 2 aromatic rings. The normalized spacial score (nSPS) is 15.8. The maximum Gasteiger partial charge on any atom is 0.243 e. The van der Waals surface area contributed by atoms with Crippen LogP contribution in [0, 0.1) is 0 Å². The van der Waals surface area contributed by atoms with Crippen LogP contribution in [0.15, 0.2) is 53.4 Å². The number of nitrogens with zero attached hydrogens (tertiary/aromatic N) is 1. The summed E-state index contributed by atoms with van der Waals surface area (Å²) in [6.07, 6.45) is 0.937. The number of nitrogens with one attached hydrogen (secondary N) is 1. The second-order valence-electron chi connectivity index (χ2n) is 6.94. The van der Waals surface area contributed by atoms with Gasteiger partial charge in [0.1, 0.15) is 5.75 Å². The van der Waals surface area contributed by atoms with Gasteiger partial charge in [-0.1, -0.05) is 18.2 Å². The Kier molecular flexibility index (Phi) is 7.35. The molecule has 0 amide bonds. The van der Waals surface area contributed by atoms with Crippen molar-refractivity contribution in [3.63, 3.8) is 0 Å². The van der Waals surface area contributed by atoms with Crippen LogP contribution in [0.1, 0.15) is 6.42 Å². The number of piperazine rings is 1. The highest BCUT2D eigenvalue weighted by Gasteiger charge is 2.30. The minimum absolute atomic E-state index is 0.231. The molecule has 8 heteroatoms. The fraction of sp³-hybridized carbons (Fsp3) is 0.429. The number of benzene rings is 2. The van der Waals surface area contributed by atoms with E-state index >= 15 is 0 Å². The Hall–Kier alpha value is -2.29. The van der Waals surface area contributed by atoms with Gasteiger partial charge in [-0.25, -0.2) is 8.42 Å². The third kappa shape index (κ3) is 5.41. The van der Waals surface area contributed by atoms with Crippen molar-refractivity contribution in [1.82, 2.24) is 4.31 Å². The van der Waals surface area contributed by atoms with Crippen LogP contribution in [0.3, 0.4) is 0 Å². The molecule has 1 aliphatic rings. The Morgan fingerprint density at radius 2 is 1.66 bits per heavy atom. The minimum Gasteiger partial charge on any atom is -0.493 e. The van der Waals surface area contributed by atoms with Gasteiger partial charge in [-0.05, 0) is 24.3 Å². The Morgan fingerprint density at radius 3 is 2.31 bits per heavy atom. The van der Waals surface area contributed by atoms with E-state index in [2.05, 4.69) is 0 Å². The summed E-state index contributed by atoms with van der Waals surface area (Å²) in [4.78, 5) is 1.63. The molecule has 0 aliphatic carbocycles. The lowest BCUT2D eigenvalue weighted by atomic mass is 10.3. The summed E-state index contributed by atoms with van der Waals surface area (Å²) in [5, 5.41) is 0. The lowest BCUT2D eigenvalue weighted by Gasteiger charge is -2.31. The molecule has 1 heterocycles. The quantitative estimate of drug-likeness (QED) is 0.614. The van der Waals surface area contributed by atoms with Crippen LogP contribution < -0.4 is 19.1 Å². The Balaban J connectivity index is 1.49. The van der Waals surface area contributed by atoms with Gasteiger partial charge in [-0.3, -0.25) is 0 Å². The molecule has 0 unspecified atom stereocenters. The van der Waals surface area contributed by atoms with Crippen molar-refractivity contribution in [2.24, 2.45) is 0 Å². The van der Waals surface area contributed by atoms with E-state index in [0.29, 0.717) is 31.2 Å². The van der Waals surface area contributed by atoms with E-state index in [-0.39, 0.29) is 4.90 Å². The van der Waals surface area contributed by atoms with Crippen molar-refractivity contribution >= 4 is 10.0 Å². The lowest BCUT2D eigenvalue weighted by Crippen LogP contribution is -3.14. The molecule has 0 radical (unpaired) electrons. The standard InChI is InChI=1S/C21H28N2O5S/c1-26-20-10-9-19(17-21(20)27-2)29(24,25)23-14-12-22(13-15-23)11-6-16-28-18-7-4-3-5-8-18/h3-5,7-10,17H,6,11-16H2,1-2H3/p+1. The first-order valence-corrected chi connectivity index (χ1v) is 11.2. The van der Waals surface area contributed by atoms with Crippen LogP contribution in [0.2, 0.25) is 0 Å². The van der Waals surface area contributed by atoms with Gasteiger partial charge < -0.3 is 19.1 Å². The van der Waals surface area contributed by atoms with Gasteiger partial charge in [0, 0.05) is 12.5 Å². The Labute approximate surface area is 172 Å². The number of quaternary nitrogens is 1. The first-order chi connectivity index (χ1) is 14.0. The van der Waals surface area contributed by atoms with Crippen molar-refractivity contribution in [2.75, 3.05) is 53.6 Å². The fourth-order valence-electron chi connectivity index (χ4n) is 3.45. The van der Waals surface area contributed by atoms with Crippen molar-refractivity contribution in [1.29, 1.82) is 0 Å². The molecule has 1 aliphatic heterocycles. The van der Waals surface area contributed by atoms with Crippen molar-refractivity contribution in [2.45, 2.75) is 11.3 Å². The number of hydrogen-bond donors (Lipinski definition) is 1. The van der Waals surface area contributed by atoms with E-state index in [1.165, 1.54) is 25.2 Å². The van der Waals surface area contributed by atoms with Crippen LogP contribution in [0.5, 0.6) is 17.2 Å². The van der Waals surface area contributed by atoms with Gasteiger partial charge in [0.2, 0.25) is 10.0 Å². The second kappa shape index (κ2) is 9.96. The number of methoxy groups -OCH3 is 2. The average molecular weight is 422 g/mol. The summed E-state index contributed by atoms with van der Waals surface area (Å²) in [6.45, 7) is 4.23. The molecule has 29 heavy (non-hydrogen) atoms. The average Bonchev–Trinajstić information content (AvgIpc) is 2.77. The second-order valence-corrected chi connectivity index (χ2v) is 8.87. The highest BCUT2D eigenvalue weighted by Crippen LogP contribution is 2.30. The highest BCUT2D eigenvalue weighted by molar-refractivity contribution is 7.89. The molecule has 3 rings (SSSR count). The van der Waals surface area contributed by atoms with Crippen LogP contribution in [-0.2, 0) is 10.0 Å². The van der Waals surface area contributed by atoms with Gasteiger partial charge >= 0.3 is 0 Å². The van der Waals surface area contributed by atoms with Crippen LogP contribution in [-0.4, -0.2) is 66.3 Å². The Morgan fingerprint density at radius 1 is 0.966 bits per heavy atom.